The highest BCUT2D eigenvalue weighted by atomic mass is 16.2. The maximum absolute atomic E-state index is 12.5. The van der Waals surface area contributed by atoms with Gasteiger partial charge in [-0.05, 0) is 66.7 Å². The molecule has 1 amide bonds. The van der Waals surface area contributed by atoms with Crippen molar-refractivity contribution in [2.24, 2.45) is 17.8 Å². The summed E-state index contributed by atoms with van der Waals surface area (Å²) in [4.78, 5) is 12.5. The molecule has 0 saturated heterocycles. The van der Waals surface area contributed by atoms with Crippen molar-refractivity contribution in [2.45, 2.75) is 70.4 Å². The van der Waals surface area contributed by atoms with Gasteiger partial charge in [-0.2, -0.15) is 0 Å². The molecular weight excluding hydrogens is 278 g/mol. The fourth-order valence-corrected chi connectivity index (χ4v) is 5.47. The van der Waals surface area contributed by atoms with E-state index in [9.17, 15) is 4.79 Å². The molecule has 5 rings (SSSR count). The van der Waals surface area contributed by atoms with Crippen LogP contribution in [0.15, 0.2) is 0 Å². The molecule has 1 heterocycles. The van der Waals surface area contributed by atoms with Gasteiger partial charge in [-0.3, -0.25) is 4.79 Å². The van der Waals surface area contributed by atoms with Crippen LogP contribution in [-0.2, 0) is 11.3 Å². The van der Waals surface area contributed by atoms with Gasteiger partial charge < -0.3 is 5.32 Å². The predicted octanol–water partition coefficient (Wildman–Crippen LogP) is 1.88. The van der Waals surface area contributed by atoms with Crippen LogP contribution in [0.1, 0.15) is 64.1 Å². The first-order valence-electron chi connectivity index (χ1n) is 8.60. The fraction of sp³-hybridized carbons (Fsp3) is 0.875. The zero-order valence-corrected chi connectivity index (χ0v) is 13.5. The maximum Gasteiger partial charge on any atom is 0.242 e. The summed E-state index contributed by atoms with van der Waals surface area (Å²) < 4.78 is 1.64. The molecule has 0 atom stereocenters. The summed E-state index contributed by atoms with van der Waals surface area (Å²) in [5.41, 5.74) is 0.0673. The van der Waals surface area contributed by atoms with Crippen molar-refractivity contribution in [3.05, 3.63) is 5.82 Å². The molecule has 0 aromatic carbocycles. The van der Waals surface area contributed by atoms with E-state index in [-0.39, 0.29) is 23.9 Å². The van der Waals surface area contributed by atoms with Gasteiger partial charge in [-0.25, -0.2) is 4.68 Å². The number of carbonyl (C=O) groups excluding carboxylic acids is 1. The second-order valence-electron chi connectivity index (χ2n) is 8.10. The van der Waals surface area contributed by atoms with Gasteiger partial charge in [0.15, 0.2) is 5.82 Å². The van der Waals surface area contributed by atoms with Crippen LogP contribution in [0, 0.1) is 17.8 Å². The number of hydrogen-bond acceptors (Lipinski definition) is 4. The van der Waals surface area contributed by atoms with Gasteiger partial charge in [0.2, 0.25) is 5.91 Å². The van der Waals surface area contributed by atoms with E-state index in [1.807, 2.05) is 13.8 Å². The Morgan fingerprint density at radius 2 is 1.82 bits per heavy atom. The first-order valence-corrected chi connectivity index (χ1v) is 8.60. The monoisotopic (exact) mass is 303 g/mol. The molecule has 22 heavy (non-hydrogen) atoms. The second kappa shape index (κ2) is 5.03. The molecule has 0 aliphatic heterocycles. The van der Waals surface area contributed by atoms with E-state index in [1.165, 1.54) is 38.5 Å². The molecule has 6 heteroatoms. The Kier molecular flexibility index (Phi) is 3.24. The Hall–Kier alpha value is -1.46. The van der Waals surface area contributed by atoms with Crippen molar-refractivity contribution >= 4 is 5.91 Å². The van der Waals surface area contributed by atoms with Crippen LogP contribution in [0.3, 0.4) is 0 Å². The lowest BCUT2D eigenvalue weighted by atomic mass is 9.53. The summed E-state index contributed by atoms with van der Waals surface area (Å²) in [6.07, 6.45) is 7.70. The maximum atomic E-state index is 12.5. The third-order valence-corrected chi connectivity index (χ3v) is 5.81. The third-order valence-electron chi connectivity index (χ3n) is 5.81. The van der Waals surface area contributed by atoms with Gasteiger partial charge in [-0.1, -0.05) is 13.8 Å². The Morgan fingerprint density at radius 1 is 1.23 bits per heavy atom. The number of nitrogens with zero attached hydrogens (tertiary/aromatic N) is 4. The van der Waals surface area contributed by atoms with Crippen LogP contribution in [-0.4, -0.2) is 31.7 Å². The smallest absolute Gasteiger partial charge is 0.242 e. The number of amides is 1. The van der Waals surface area contributed by atoms with E-state index in [1.54, 1.807) is 4.68 Å². The summed E-state index contributed by atoms with van der Waals surface area (Å²) >= 11 is 0. The molecule has 0 spiro atoms. The van der Waals surface area contributed by atoms with Crippen molar-refractivity contribution in [1.82, 2.24) is 25.5 Å². The van der Waals surface area contributed by atoms with Gasteiger partial charge in [-0.15, -0.1) is 5.10 Å². The van der Waals surface area contributed by atoms with Crippen LogP contribution in [0.4, 0.5) is 0 Å². The SMILES string of the molecule is CC(C)c1nnnn1CC(=O)NC12CC3CC(CC(C3)C1)C2. The Morgan fingerprint density at radius 3 is 2.36 bits per heavy atom. The summed E-state index contributed by atoms with van der Waals surface area (Å²) in [7, 11) is 0. The summed E-state index contributed by atoms with van der Waals surface area (Å²) in [6, 6.07) is 0. The summed E-state index contributed by atoms with van der Waals surface area (Å²) in [5, 5.41) is 15.1. The molecule has 120 valence electrons. The molecule has 4 fully saturated rings. The normalized spacial score (nSPS) is 36.0. The third kappa shape index (κ3) is 2.42. The molecule has 6 nitrogen and oxygen atoms in total. The van der Waals surface area contributed by atoms with Crippen molar-refractivity contribution in [2.75, 3.05) is 0 Å². The molecule has 4 aliphatic rings. The second-order valence-corrected chi connectivity index (χ2v) is 8.10. The highest BCUT2D eigenvalue weighted by Gasteiger charge is 2.51. The van der Waals surface area contributed by atoms with E-state index >= 15 is 0 Å². The number of hydrogen-bond donors (Lipinski definition) is 1. The lowest BCUT2D eigenvalue weighted by Gasteiger charge is -2.56. The van der Waals surface area contributed by atoms with Crippen molar-refractivity contribution in [3.63, 3.8) is 0 Å². The van der Waals surface area contributed by atoms with Crippen molar-refractivity contribution in [3.8, 4) is 0 Å². The zero-order valence-electron chi connectivity index (χ0n) is 13.5. The highest BCUT2D eigenvalue weighted by molar-refractivity contribution is 5.76. The Labute approximate surface area is 131 Å². The Balaban J connectivity index is 1.45. The van der Waals surface area contributed by atoms with Crippen LogP contribution >= 0.6 is 0 Å². The molecule has 1 N–H and O–H groups in total. The summed E-state index contributed by atoms with van der Waals surface area (Å²) in [5.74, 6) is 3.58. The molecule has 1 aromatic heterocycles. The fourth-order valence-electron chi connectivity index (χ4n) is 5.47. The van der Waals surface area contributed by atoms with Gasteiger partial charge in [0.25, 0.3) is 0 Å². The molecule has 0 radical (unpaired) electrons. The van der Waals surface area contributed by atoms with E-state index < -0.39 is 0 Å². The van der Waals surface area contributed by atoms with E-state index in [2.05, 4.69) is 20.8 Å². The first kappa shape index (κ1) is 14.2. The average molecular weight is 303 g/mol. The van der Waals surface area contributed by atoms with Gasteiger partial charge in [0.1, 0.15) is 6.54 Å². The standard InChI is InChI=1S/C16H25N5O/c1-10(2)15-18-19-20-21(15)9-14(22)17-16-6-11-3-12(7-16)5-13(4-11)8-16/h10-13H,3-9H2,1-2H3,(H,17,22). The molecule has 4 aliphatic carbocycles. The van der Waals surface area contributed by atoms with Crippen LogP contribution in [0.5, 0.6) is 0 Å². The molecule has 1 aromatic rings. The van der Waals surface area contributed by atoms with Gasteiger partial charge in [0, 0.05) is 11.5 Å². The lowest BCUT2D eigenvalue weighted by Crippen LogP contribution is -2.60. The first-order chi connectivity index (χ1) is 10.5. The predicted molar refractivity (Wildman–Crippen MR) is 81.0 cm³/mol. The number of tetrazole rings is 1. The zero-order chi connectivity index (χ0) is 15.3. The van der Waals surface area contributed by atoms with Gasteiger partial charge >= 0.3 is 0 Å². The van der Waals surface area contributed by atoms with E-state index in [0.717, 1.165) is 23.6 Å². The quantitative estimate of drug-likeness (QED) is 0.922. The van der Waals surface area contributed by atoms with Gasteiger partial charge in [0.05, 0.1) is 0 Å². The molecular formula is C16H25N5O. The number of rotatable bonds is 4. The van der Waals surface area contributed by atoms with Crippen molar-refractivity contribution in [1.29, 1.82) is 0 Å². The largest absolute Gasteiger partial charge is 0.349 e. The minimum Gasteiger partial charge on any atom is -0.349 e. The topological polar surface area (TPSA) is 72.7 Å². The number of carbonyl (C=O) groups is 1. The number of aromatic nitrogens is 4. The van der Waals surface area contributed by atoms with Crippen LogP contribution in [0.2, 0.25) is 0 Å². The minimum atomic E-state index is 0.0659. The average Bonchev–Trinajstić information content (AvgIpc) is 2.84. The molecule has 4 bridgehead atoms. The Bertz CT molecular complexity index is 544. The van der Waals surface area contributed by atoms with Crippen LogP contribution in [0.25, 0.3) is 0 Å². The molecule has 4 saturated carbocycles. The lowest BCUT2D eigenvalue weighted by molar-refractivity contribution is -0.127. The van der Waals surface area contributed by atoms with E-state index in [4.69, 9.17) is 0 Å². The van der Waals surface area contributed by atoms with Crippen LogP contribution < -0.4 is 5.32 Å². The molecule has 0 unspecified atom stereocenters. The van der Waals surface area contributed by atoms with Crippen molar-refractivity contribution < 1.29 is 4.79 Å². The minimum absolute atomic E-state index is 0.0659. The van der Waals surface area contributed by atoms with E-state index in [0.29, 0.717) is 0 Å². The summed E-state index contributed by atoms with van der Waals surface area (Å²) in [6.45, 7) is 4.32. The number of nitrogens with one attached hydrogen (secondary N) is 1. The highest BCUT2D eigenvalue weighted by Crippen LogP contribution is 2.55.